The maximum Gasteiger partial charge on any atom is 0.573 e. The van der Waals surface area contributed by atoms with E-state index in [1.807, 2.05) is 19.1 Å². The minimum Gasteiger partial charge on any atom is -0.406 e. The van der Waals surface area contributed by atoms with Crippen molar-refractivity contribution in [2.45, 2.75) is 32.2 Å². The van der Waals surface area contributed by atoms with Crippen LogP contribution >= 0.6 is 0 Å². The second-order valence-electron chi connectivity index (χ2n) is 8.99. The average molecular weight is 485 g/mol. The van der Waals surface area contributed by atoms with E-state index in [4.69, 9.17) is 9.51 Å². The Hall–Kier alpha value is -3.83. The molecule has 1 aliphatic heterocycles. The van der Waals surface area contributed by atoms with Crippen LogP contribution in [-0.2, 0) is 0 Å². The Morgan fingerprint density at radius 3 is 2.46 bits per heavy atom. The quantitative estimate of drug-likeness (QED) is 0.447. The first-order valence-corrected chi connectivity index (χ1v) is 11.4. The van der Waals surface area contributed by atoms with E-state index in [-0.39, 0.29) is 11.8 Å². The van der Waals surface area contributed by atoms with Crippen LogP contribution in [0.3, 0.4) is 0 Å². The van der Waals surface area contributed by atoms with Gasteiger partial charge in [0.1, 0.15) is 5.75 Å². The maximum absolute atomic E-state index is 12.5. The number of alkyl halides is 3. The number of nitrogens with one attached hydrogen (secondary N) is 1. The normalized spacial score (nSPS) is 22.1. The summed E-state index contributed by atoms with van der Waals surface area (Å²) in [5.74, 6) is 1.68. The lowest BCUT2D eigenvalue weighted by atomic mass is 9.92. The molecule has 182 valence electrons. The van der Waals surface area contributed by atoms with Crippen LogP contribution in [0.1, 0.15) is 18.7 Å². The molecule has 3 atom stereocenters. The minimum atomic E-state index is -4.73. The standard InChI is InChI=1S/C23H22F3N7O2/c1-13-27-22(35-31-13)32-11-15-4-5-16(12-32)19(15)28-21-29-20-18(3-2-10-33(20)30-21)14-6-8-17(9-7-14)34-23(24,25)26/h2-3,6-10,15-16,19H,4-5,11-12H2,1H3,(H,28,30)/t15-,16?,19?/m0/s1. The second-order valence-corrected chi connectivity index (χ2v) is 8.99. The Morgan fingerprint density at radius 1 is 1.06 bits per heavy atom. The number of ether oxygens (including phenoxy) is 1. The summed E-state index contributed by atoms with van der Waals surface area (Å²) in [6, 6.07) is 10.2. The molecule has 2 aliphatic rings. The number of piperidine rings is 1. The van der Waals surface area contributed by atoms with Crippen molar-refractivity contribution < 1.29 is 22.4 Å². The molecule has 2 unspecified atom stereocenters. The molecule has 6 rings (SSSR count). The van der Waals surface area contributed by atoms with Crippen LogP contribution in [0.2, 0.25) is 0 Å². The van der Waals surface area contributed by atoms with Gasteiger partial charge < -0.3 is 19.5 Å². The van der Waals surface area contributed by atoms with Gasteiger partial charge in [0.2, 0.25) is 5.95 Å². The molecule has 1 saturated heterocycles. The summed E-state index contributed by atoms with van der Waals surface area (Å²) in [6.45, 7) is 3.45. The average Bonchev–Trinajstić information content (AvgIpc) is 3.48. The summed E-state index contributed by atoms with van der Waals surface area (Å²) in [4.78, 5) is 11.2. The van der Waals surface area contributed by atoms with Gasteiger partial charge in [-0.1, -0.05) is 17.3 Å². The van der Waals surface area contributed by atoms with Crippen molar-refractivity contribution in [1.82, 2.24) is 24.7 Å². The molecule has 1 aromatic carbocycles. The first kappa shape index (κ1) is 21.7. The molecular weight excluding hydrogens is 463 g/mol. The highest BCUT2D eigenvalue weighted by molar-refractivity contribution is 5.78. The molecule has 2 bridgehead atoms. The fourth-order valence-electron chi connectivity index (χ4n) is 5.21. The molecule has 0 spiro atoms. The van der Waals surface area contributed by atoms with Crippen LogP contribution in [0.15, 0.2) is 47.1 Å². The van der Waals surface area contributed by atoms with Gasteiger partial charge in [0.15, 0.2) is 11.5 Å². The summed E-state index contributed by atoms with van der Waals surface area (Å²) >= 11 is 0. The third kappa shape index (κ3) is 4.24. The van der Waals surface area contributed by atoms with Crippen LogP contribution < -0.4 is 15.0 Å². The molecule has 3 aromatic heterocycles. The van der Waals surface area contributed by atoms with E-state index in [0.29, 0.717) is 40.8 Å². The molecule has 35 heavy (non-hydrogen) atoms. The Bertz CT molecular complexity index is 1340. The molecule has 1 saturated carbocycles. The zero-order valence-corrected chi connectivity index (χ0v) is 18.7. The number of nitrogens with zero attached hydrogens (tertiary/aromatic N) is 6. The van der Waals surface area contributed by atoms with E-state index in [2.05, 4.69) is 30.2 Å². The van der Waals surface area contributed by atoms with E-state index < -0.39 is 6.36 Å². The van der Waals surface area contributed by atoms with Crippen molar-refractivity contribution in [1.29, 1.82) is 0 Å². The largest absolute Gasteiger partial charge is 0.573 e. The molecule has 0 amide bonds. The SMILES string of the molecule is Cc1noc(N2CC3CC[C@@H](C2)C3Nc2nc3c(-c4ccc(OC(F)(F)F)cc4)cccn3n2)n1. The van der Waals surface area contributed by atoms with Crippen molar-refractivity contribution in [2.75, 3.05) is 23.3 Å². The van der Waals surface area contributed by atoms with Crippen molar-refractivity contribution in [3.8, 4) is 16.9 Å². The van der Waals surface area contributed by atoms with Gasteiger partial charge in [-0.25, -0.2) is 4.52 Å². The highest BCUT2D eigenvalue weighted by Crippen LogP contribution is 2.40. The number of hydrogen-bond acceptors (Lipinski definition) is 8. The second kappa shape index (κ2) is 8.14. The lowest BCUT2D eigenvalue weighted by Gasteiger charge is -2.37. The molecule has 4 heterocycles. The smallest absolute Gasteiger partial charge is 0.406 e. The summed E-state index contributed by atoms with van der Waals surface area (Å²) < 4.78 is 48.4. The molecule has 4 aromatic rings. The molecule has 1 N–H and O–H groups in total. The van der Waals surface area contributed by atoms with Gasteiger partial charge in [0.25, 0.3) is 0 Å². The Kier molecular flexibility index (Phi) is 5.04. The topological polar surface area (TPSA) is 93.6 Å². The van der Waals surface area contributed by atoms with Crippen LogP contribution in [0, 0.1) is 18.8 Å². The molecule has 0 radical (unpaired) electrons. The third-order valence-electron chi connectivity index (χ3n) is 6.68. The highest BCUT2D eigenvalue weighted by Gasteiger charge is 2.43. The lowest BCUT2D eigenvalue weighted by Crippen LogP contribution is -2.48. The zero-order chi connectivity index (χ0) is 24.2. The van der Waals surface area contributed by atoms with Crippen molar-refractivity contribution in [3.63, 3.8) is 0 Å². The fraction of sp³-hybridized carbons (Fsp3) is 0.391. The van der Waals surface area contributed by atoms with Gasteiger partial charge in [0.05, 0.1) is 0 Å². The minimum absolute atomic E-state index is 0.231. The van der Waals surface area contributed by atoms with E-state index in [9.17, 15) is 13.2 Å². The van der Waals surface area contributed by atoms with E-state index in [0.717, 1.165) is 31.5 Å². The van der Waals surface area contributed by atoms with Gasteiger partial charge in [-0.3, -0.25) is 0 Å². The number of aryl methyl sites for hydroxylation is 1. The number of fused-ring (bicyclic) bond motifs is 3. The zero-order valence-electron chi connectivity index (χ0n) is 18.7. The van der Waals surface area contributed by atoms with Gasteiger partial charge in [-0.05, 0) is 61.4 Å². The number of pyridine rings is 1. The Balaban J connectivity index is 1.21. The molecule has 9 nitrogen and oxygen atoms in total. The number of hydrogen-bond donors (Lipinski definition) is 1. The predicted molar refractivity (Wildman–Crippen MR) is 120 cm³/mol. The van der Waals surface area contributed by atoms with Gasteiger partial charge >= 0.3 is 12.4 Å². The lowest BCUT2D eigenvalue weighted by molar-refractivity contribution is -0.274. The number of halogens is 3. The van der Waals surface area contributed by atoms with E-state index in [1.165, 1.54) is 12.1 Å². The summed E-state index contributed by atoms with van der Waals surface area (Å²) in [5, 5.41) is 12.0. The summed E-state index contributed by atoms with van der Waals surface area (Å²) in [5.41, 5.74) is 2.09. The number of benzene rings is 1. The van der Waals surface area contributed by atoms with Gasteiger partial charge in [-0.15, -0.1) is 18.3 Å². The molecular formula is C23H22F3N7O2. The van der Waals surface area contributed by atoms with E-state index in [1.54, 1.807) is 22.8 Å². The summed E-state index contributed by atoms with van der Waals surface area (Å²) in [6.07, 6.45) is -0.740. The van der Waals surface area contributed by atoms with Gasteiger partial charge in [-0.2, -0.15) is 9.97 Å². The predicted octanol–water partition coefficient (Wildman–Crippen LogP) is 4.31. The number of rotatable bonds is 5. The van der Waals surface area contributed by atoms with E-state index >= 15 is 0 Å². The number of anilines is 2. The van der Waals surface area contributed by atoms with Crippen LogP contribution in [0.4, 0.5) is 25.1 Å². The maximum atomic E-state index is 12.5. The first-order chi connectivity index (χ1) is 16.8. The van der Waals surface area contributed by atoms with Gasteiger partial charge in [0, 0.05) is 30.9 Å². The van der Waals surface area contributed by atoms with Crippen LogP contribution in [-0.4, -0.2) is 50.2 Å². The molecule has 2 fully saturated rings. The van der Waals surface area contributed by atoms with Crippen molar-refractivity contribution in [2.24, 2.45) is 11.8 Å². The van der Waals surface area contributed by atoms with Crippen LogP contribution in [0.5, 0.6) is 5.75 Å². The van der Waals surface area contributed by atoms with Crippen LogP contribution in [0.25, 0.3) is 16.8 Å². The monoisotopic (exact) mass is 485 g/mol. The highest BCUT2D eigenvalue weighted by atomic mass is 19.4. The molecule has 12 heteroatoms. The number of aromatic nitrogens is 5. The first-order valence-electron chi connectivity index (χ1n) is 11.4. The Morgan fingerprint density at radius 2 is 1.80 bits per heavy atom. The Labute approximate surface area is 197 Å². The van der Waals surface area contributed by atoms with Crippen molar-refractivity contribution in [3.05, 3.63) is 48.4 Å². The third-order valence-corrected chi connectivity index (χ3v) is 6.68. The molecule has 1 aliphatic carbocycles. The fourth-order valence-corrected chi connectivity index (χ4v) is 5.21. The van der Waals surface area contributed by atoms with Crippen molar-refractivity contribution >= 4 is 17.6 Å². The summed E-state index contributed by atoms with van der Waals surface area (Å²) in [7, 11) is 0.